The van der Waals surface area contributed by atoms with Gasteiger partial charge >= 0.3 is 5.97 Å². The van der Waals surface area contributed by atoms with Crippen LogP contribution in [0.25, 0.3) is 0 Å². The van der Waals surface area contributed by atoms with Gasteiger partial charge in [0.2, 0.25) is 6.34 Å². The summed E-state index contributed by atoms with van der Waals surface area (Å²) >= 11 is 0. The van der Waals surface area contributed by atoms with E-state index in [0.717, 1.165) is 50.0 Å². The van der Waals surface area contributed by atoms with Crippen molar-refractivity contribution in [3.63, 3.8) is 0 Å². The van der Waals surface area contributed by atoms with Crippen LogP contribution in [0.1, 0.15) is 56.3 Å². The highest BCUT2D eigenvalue weighted by Crippen LogP contribution is 2.13. The lowest BCUT2D eigenvalue weighted by molar-refractivity contribution is -0.436. The molecule has 0 atom stereocenters. The van der Waals surface area contributed by atoms with Gasteiger partial charge in [-0.25, -0.2) is 14.7 Å². The lowest BCUT2D eigenvalue weighted by Gasteiger charge is -2.07. The van der Waals surface area contributed by atoms with Crippen LogP contribution in [0.5, 0.6) is 0 Å². The van der Waals surface area contributed by atoms with Gasteiger partial charge in [0.15, 0.2) is 0 Å². The highest BCUT2D eigenvalue weighted by molar-refractivity contribution is 5.90. The van der Waals surface area contributed by atoms with Gasteiger partial charge in [-0.05, 0) is 49.2 Å². The maximum Gasteiger partial charge on any atom is 0.338 e. The largest absolute Gasteiger partial charge is 0.462 e. The molecule has 4 heteroatoms. The number of nitrogens with zero attached hydrogens (tertiary/aromatic N) is 1. The van der Waals surface area contributed by atoms with Crippen LogP contribution < -0.4 is 5.32 Å². The van der Waals surface area contributed by atoms with Gasteiger partial charge in [0.1, 0.15) is 11.4 Å². The Kier molecular flexibility index (Phi) is 9.11. The first kappa shape index (κ1) is 20.7. The van der Waals surface area contributed by atoms with Crippen molar-refractivity contribution in [2.75, 3.05) is 18.5 Å². The van der Waals surface area contributed by atoms with E-state index in [2.05, 4.69) is 35.9 Å². The van der Waals surface area contributed by atoms with Crippen LogP contribution in [0.2, 0.25) is 0 Å². The van der Waals surface area contributed by atoms with Gasteiger partial charge in [0.05, 0.1) is 18.7 Å². The Morgan fingerprint density at radius 3 is 2.33 bits per heavy atom. The molecule has 0 amide bonds. The SMILES string of the molecule is CCCCCOC(=O)c1ccc(NC=[N+](CCCC)c2ccccc2)cc1. The molecule has 0 aliphatic carbocycles. The van der Waals surface area contributed by atoms with Crippen molar-refractivity contribution in [1.29, 1.82) is 0 Å². The summed E-state index contributed by atoms with van der Waals surface area (Å²) in [6.07, 6.45) is 7.38. The van der Waals surface area contributed by atoms with Crippen LogP contribution >= 0.6 is 0 Å². The molecular weight excluding hydrogens is 336 g/mol. The monoisotopic (exact) mass is 367 g/mol. The zero-order chi connectivity index (χ0) is 19.3. The summed E-state index contributed by atoms with van der Waals surface area (Å²) in [5, 5.41) is 3.33. The van der Waals surface area contributed by atoms with Crippen LogP contribution in [0.4, 0.5) is 11.4 Å². The number of hydrogen-bond acceptors (Lipinski definition) is 2. The van der Waals surface area contributed by atoms with Crippen LogP contribution in [-0.4, -0.2) is 30.0 Å². The predicted molar refractivity (Wildman–Crippen MR) is 112 cm³/mol. The van der Waals surface area contributed by atoms with E-state index >= 15 is 0 Å². The molecule has 0 saturated carbocycles. The molecule has 0 radical (unpaired) electrons. The summed E-state index contributed by atoms with van der Waals surface area (Å²) in [5.41, 5.74) is 2.68. The smallest absolute Gasteiger partial charge is 0.338 e. The standard InChI is InChI=1S/C23H30N2O2/c1-3-5-10-18-27-23(26)20-13-15-21(16-14-20)24-19-25(17-6-4-2)22-11-8-7-9-12-22/h7-9,11-16,19H,3-6,10,17-18H2,1-2H3/p+1. The van der Waals surface area contributed by atoms with Crippen molar-refractivity contribution in [1.82, 2.24) is 0 Å². The second kappa shape index (κ2) is 11.9. The zero-order valence-electron chi connectivity index (χ0n) is 16.5. The number of rotatable bonds is 11. The Hall–Kier alpha value is -2.62. The predicted octanol–water partition coefficient (Wildman–Crippen LogP) is 5.62. The summed E-state index contributed by atoms with van der Waals surface area (Å²) in [5.74, 6) is -0.254. The summed E-state index contributed by atoms with van der Waals surface area (Å²) in [7, 11) is 0. The Labute approximate surface area is 162 Å². The Bertz CT molecular complexity index is 709. The van der Waals surface area contributed by atoms with E-state index in [0.29, 0.717) is 12.2 Å². The Balaban J connectivity index is 1.97. The molecule has 0 unspecified atom stereocenters. The van der Waals surface area contributed by atoms with Crippen molar-refractivity contribution in [3.8, 4) is 0 Å². The molecule has 0 aliphatic heterocycles. The van der Waals surface area contributed by atoms with E-state index in [1.807, 2.05) is 36.7 Å². The molecule has 2 aromatic rings. The number of anilines is 1. The summed E-state index contributed by atoms with van der Waals surface area (Å²) in [4.78, 5) is 12.0. The Morgan fingerprint density at radius 2 is 1.67 bits per heavy atom. The van der Waals surface area contributed by atoms with Gasteiger partial charge < -0.3 is 4.74 Å². The molecule has 2 rings (SSSR count). The molecule has 0 spiro atoms. The normalized spacial score (nSPS) is 11.3. The van der Waals surface area contributed by atoms with Gasteiger partial charge in [-0.3, -0.25) is 0 Å². The average Bonchev–Trinajstić information content (AvgIpc) is 2.72. The molecule has 0 fully saturated rings. The Morgan fingerprint density at radius 1 is 0.963 bits per heavy atom. The maximum absolute atomic E-state index is 12.0. The number of unbranched alkanes of at least 4 members (excludes halogenated alkanes) is 3. The van der Waals surface area contributed by atoms with Crippen molar-refractivity contribution >= 4 is 23.7 Å². The number of nitrogens with one attached hydrogen (secondary N) is 1. The lowest BCUT2D eigenvalue weighted by atomic mass is 10.2. The molecule has 4 nitrogen and oxygen atoms in total. The second-order valence-corrected chi connectivity index (χ2v) is 6.58. The maximum atomic E-state index is 12.0. The fourth-order valence-electron chi connectivity index (χ4n) is 2.67. The van der Waals surface area contributed by atoms with E-state index in [9.17, 15) is 4.79 Å². The van der Waals surface area contributed by atoms with Crippen LogP contribution in [-0.2, 0) is 4.74 Å². The molecular formula is C23H31N2O2+. The van der Waals surface area contributed by atoms with Crippen LogP contribution in [0.15, 0.2) is 54.6 Å². The number of carbonyl (C=O) groups is 1. The van der Waals surface area contributed by atoms with Crippen molar-refractivity contribution in [2.45, 2.75) is 46.0 Å². The zero-order valence-corrected chi connectivity index (χ0v) is 16.5. The molecule has 2 aromatic carbocycles. The topological polar surface area (TPSA) is 41.3 Å². The molecule has 0 saturated heterocycles. The van der Waals surface area contributed by atoms with E-state index < -0.39 is 0 Å². The third kappa shape index (κ3) is 7.26. The molecule has 1 N–H and O–H groups in total. The van der Waals surface area contributed by atoms with E-state index in [-0.39, 0.29) is 5.97 Å². The average molecular weight is 368 g/mol. The molecule has 0 aromatic heterocycles. The summed E-state index contributed by atoms with van der Waals surface area (Å²) < 4.78 is 7.50. The minimum absolute atomic E-state index is 0.254. The first-order valence-corrected chi connectivity index (χ1v) is 9.93. The number of hydrogen-bond donors (Lipinski definition) is 1. The number of carbonyl (C=O) groups excluding carboxylic acids is 1. The van der Waals surface area contributed by atoms with Crippen molar-refractivity contribution < 1.29 is 14.1 Å². The molecule has 0 heterocycles. The van der Waals surface area contributed by atoms with E-state index in [1.54, 1.807) is 12.1 Å². The van der Waals surface area contributed by atoms with Crippen molar-refractivity contribution in [3.05, 3.63) is 60.2 Å². The number of esters is 1. The summed E-state index contributed by atoms with van der Waals surface area (Å²) in [6, 6.07) is 17.7. The first-order chi connectivity index (χ1) is 13.2. The number of ether oxygens (including phenoxy) is 1. The number of benzene rings is 2. The lowest BCUT2D eigenvalue weighted by Crippen LogP contribution is -2.14. The van der Waals surface area contributed by atoms with Gasteiger partial charge in [-0.15, -0.1) is 0 Å². The quantitative estimate of drug-likeness (QED) is 0.184. The molecule has 27 heavy (non-hydrogen) atoms. The fourth-order valence-corrected chi connectivity index (χ4v) is 2.67. The fraction of sp³-hybridized carbons (Fsp3) is 0.391. The molecule has 0 aliphatic rings. The van der Waals surface area contributed by atoms with Gasteiger partial charge in [0, 0.05) is 0 Å². The van der Waals surface area contributed by atoms with Gasteiger partial charge in [0.25, 0.3) is 0 Å². The third-order valence-electron chi connectivity index (χ3n) is 4.33. The van der Waals surface area contributed by atoms with Gasteiger partial charge in [-0.2, -0.15) is 0 Å². The van der Waals surface area contributed by atoms with Crippen LogP contribution in [0, 0.1) is 0 Å². The third-order valence-corrected chi connectivity index (χ3v) is 4.33. The first-order valence-electron chi connectivity index (χ1n) is 9.93. The van der Waals surface area contributed by atoms with E-state index in [1.165, 1.54) is 0 Å². The highest BCUT2D eigenvalue weighted by atomic mass is 16.5. The van der Waals surface area contributed by atoms with Crippen LogP contribution in [0.3, 0.4) is 0 Å². The summed E-state index contributed by atoms with van der Waals surface area (Å²) in [6.45, 7) is 5.77. The molecule has 0 bridgehead atoms. The van der Waals surface area contributed by atoms with Gasteiger partial charge in [-0.1, -0.05) is 51.3 Å². The van der Waals surface area contributed by atoms with Crippen molar-refractivity contribution in [2.24, 2.45) is 0 Å². The minimum Gasteiger partial charge on any atom is -0.462 e. The second-order valence-electron chi connectivity index (χ2n) is 6.58. The van der Waals surface area contributed by atoms with E-state index in [4.69, 9.17) is 4.74 Å². The minimum atomic E-state index is -0.254. The highest BCUT2D eigenvalue weighted by Gasteiger charge is 2.08. The molecule has 144 valence electrons. The number of para-hydroxylation sites is 1.